The fourth-order valence-corrected chi connectivity index (χ4v) is 3.75. The molecule has 0 saturated heterocycles. The third-order valence-corrected chi connectivity index (χ3v) is 5.33. The molecule has 1 aromatic rings. The molecule has 1 amide bonds. The van der Waals surface area contributed by atoms with E-state index in [-0.39, 0.29) is 11.4 Å². The number of alkyl halides is 1. The van der Waals surface area contributed by atoms with Crippen LogP contribution in [-0.2, 0) is 0 Å². The fraction of sp³-hybridized carbons (Fsp3) is 0.545. The summed E-state index contributed by atoms with van der Waals surface area (Å²) in [7, 11) is 0. The SMILES string of the molecule is O=C(NC1(CCl)CCCC1)c1csc(I)c1. The Balaban J connectivity index is 2.06. The molecule has 0 aliphatic heterocycles. The van der Waals surface area contributed by atoms with Crippen molar-refractivity contribution in [3.8, 4) is 0 Å². The fourth-order valence-electron chi connectivity index (χ4n) is 2.09. The highest BCUT2D eigenvalue weighted by molar-refractivity contribution is 14.1. The van der Waals surface area contributed by atoms with Crippen LogP contribution in [-0.4, -0.2) is 17.3 Å². The second-order valence-electron chi connectivity index (χ2n) is 4.21. The minimum absolute atomic E-state index is 0.0155. The lowest BCUT2D eigenvalue weighted by Gasteiger charge is -2.27. The Morgan fingerprint density at radius 2 is 2.25 bits per heavy atom. The van der Waals surface area contributed by atoms with Crippen LogP contribution in [0.25, 0.3) is 0 Å². The topological polar surface area (TPSA) is 29.1 Å². The lowest BCUT2D eigenvalue weighted by atomic mass is 10.00. The zero-order valence-corrected chi connectivity index (χ0v) is 12.5. The van der Waals surface area contributed by atoms with Gasteiger partial charge in [-0.1, -0.05) is 12.8 Å². The highest BCUT2D eigenvalue weighted by Crippen LogP contribution is 2.31. The van der Waals surface area contributed by atoms with E-state index in [4.69, 9.17) is 11.6 Å². The second kappa shape index (κ2) is 5.23. The first-order valence-corrected chi connectivity index (χ1v) is 7.77. The molecule has 1 heterocycles. The molecule has 2 nitrogen and oxygen atoms in total. The predicted octanol–water partition coefficient (Wildman–Crippen LogP) is 3.63. The second-order valence-corrected chi connectivity index (χ2v) is 7.29. The van der Waals surface area contributed by atoms with Crippen LogP contribution >= 0.6 is 45.5 Å². The van der Waals surface area contributed by atoms with E-state index in [1.165, 1.54) is 0 Å². The van der Waals surface area contributed by atoms with Crippen molar-refractivity contribution < 1.29 is 4.79 Å². The summed E-state index contributed by atoms with van der Waals surface area (Å²) in [5.74, 6) is 0.529. The van der Waals surface area contributed by atoms with Gasteiger partial charge in [0.2, 0.25) is 0 Å². The predicted molar refractivity (Wildman–Crippen MR) is 76.4 cm³/mol. The van der Waals surface area contributed by atoms with Gasteiger partial charge in [-0.2, -0.15) is 0 Å². The summed E-state index contributed by atoms with van der Waals surface area (Å²) in [4.78, 5) is 12.0. The summed E-state index contributed by atoms with van der Waals surface area (Å²) in [6, 6.07) is 1.91. The van der Waals surface area contributed by atoms with Gasteiger partial charge in [0, 0.05) is 11.3 Å². The molecule has 1 aliphatic rings. The van der Waals surface area contributed by atoms with Gasteiger partial charge in [0.05, 0.1) is 14.0 Å². The molecule has 0 aromatic carbocycles. The molecule has 16 heavy (non-hydrogen) atoms. The first-order chi connectivity index (χ1) is 7.65. The molecule has 0 atom stereocenters. The number of nitrogens with one attached hydrogen (secondary N) is 1. The van der Waals surface area contributed by atoms with Gasteiger partial charge < -0.3 is 5.32 Å². The van der Waals surface area contributed by atoms with Gasteiger partial charge >= 0.3 is 0 Å². The Labute approximate surface area is 118 Å². The van der Waals surface area contributed by atoms with Crippen molar-refractivity contribution >= 4 is 51.4 Å². The van der Waals surface area contributed by atoms with Crippen molar-refractivity contribution in [2.45, 2.75) is 31.2 Å². The third-order valence-electron chi connectivity index (χ3n) is 3.02. The van der Waals surface area contributed by atoms with Crippen molar-refractivity contribution in [1.82, 2.24) is 5.32 Å². The Kier molecular flexibility index (Phi) is 4.13. The third kappa shape index (κ3) is 2.71. The van der Waals surface area contributed by atoms with Crippen LogP contribution in [0.4, 0.5) is 0 Å². The summed E-state index contributed by atoms with van der Waals surface area (Å²) in [6.45, 7) is 0. The van der Waals surface area contributed by atoms with E-state index in [2.05, 4.69) is 27.9 Å². The van der Waals surface area contributed by atoms with E-state index in [0.29, 0.717) is 5.88 Å². The summed E-state index contributed by atoms with van der Waals surface area (Å²) < 4.78 is 1.13. The Hall–Kier alpha value is 0.190. The summed E-state index contributed by atoms with van der Waals surface area (Å²) >= 11 is 9.80. The van der Waals surface area contributed by atoms with E-state index in [9.17, 15) is 4.79 Å². The van der Waals surface area contributed by atoms with Crippen LogP contribution in [0.3, 0.4) is 0 Å². The van der Waals surface area contributed by atoms with E-state index < -0.39 is 0 Å². The molecule has 88 valence electrons. The normalized spacial score (nSPS) is 18.6. The molecule has 1 fully saturated rings. The monoisotopic (exact) mass is 369 g/mol. The average Bonchev–Trinajstić information content (AvgIpc) is 2.88. The first-order valence-electron chi connectivity index (χ1n) is 5.28. The standard InChI is InChI=1S/C11H13ClINOS/c12-7-11(3-1-2-4-11)14-10(15)8-5-9(13)16-6-8/h5-6H,1-4,7H2,(H,14,15). The van der Waals surface area contributed by atoms with Crippen LogP contribution in [0, 0.1) is 2.88 Å². The first kappa shape index (κ1) is 12.6. The van der Waals surface area contributed by atoms with Gasteiger partial charge in [-0.25, -0.2) is 0 Å². The van der Waals surface area contributed by atoms with Crippen LogP contribution < -0.4 is 5.32 Å². The van der Waals surface area contributed by atoms with Crippen LogP contribution in [0.1, 0.15) is 36.0 Å². The van der Waals surface area contributed by atoms with Crippen molar-refractivity contribution in [1.29, 1.82) is 0 Å². The quantitative estimate of drug-likeness (QED) is 0.640. The summed E-state index contributed by atoms with van der Waals surface area (Å²) in [5, 5.41) is 5.00. The highest BCUT2D eigenvalue weighted by atomic mass is 127. The average molecular weight is 370 g/mol. The molecule has 1 aliphatic carbocycles. The zero-order valence-electron chi connectivity index (χ0n) is 8.76. The summed E-state index contributed by atoms with van der Waals surface area (Å²) in [5.41, 5.74) is 0.595. The number of hydrogen-bond acceptors (Lipinski definition) is 2. The Morgan fingerprint density at radius 3 is 2.75 bits per heavy atom. The van der Waals surface area contributed by atoms with Crippen molar-refractivity contribution in [2.24, 2.45) is 0 Å². The largest absolute Gasteiger partial charge is 0.345 e. The summed E-state index contributed by atoms with van der Waals surface area (Å²) in [6.07, 6.45) is 4.33. The molecular weight excluding hydrogens is 357 g/mol. The van der Waals surface area contributed by atoms with Gasteiger partial charge in [0.15, 0.2) is 0 Å². The molecule has 0 bridgehead atoms. The Morgan fingerprint density at radius 1 is 1.56 bits per heavy atom. The van der Waals surface area contributed by atoms with E-state index in [1.54, 1.807) is 11.3 Å². The van der Waals surface area contributed by atoms with Crippen LogP contribution in [0.15, 0.2) is 11.4 Å². The van der Waals surface area contributed by atoms with Gasteiger partial charge in [-0.3, -0.25) is 4.79 Å². The van der Waals surface area contributed by atoms with Gasteiger partial charge in [-0.05, 0) is 41.5 Å². The van der Waals surface area contributed by atoms with E-state index in [1.807, 2.05) is 11.4 Å². The molecule has 1 saturated carbocycles. The highest BCUT2D eigenvalue weighted by Gasteiger charge is 2.34. The van der Waals surface area contributed by atoms with E-state index >= 15 is 0 Å². The zero-order chi connectivity index (χ0) is 11.6. The number of halogens is 2. The number of rotatable bonds is 3. The molecular formula is C11H13ClINOS. The number of carbonyl (C=O) groups is 1. The molecule has 0 spiro atoms. The molecule has 5 heteroatoms. The van der Waals surface area contributed by atoms with Crippen LogP contribution in [0.5, 0.6) is 0 Å². The minimum Gasteiger partial charge on any atom is -0.345 e. The van der Waals surface area contributed by atoms with E-state index in [0.717, 1.165) is 34.1 Å². The number of thiophene rings is 1. The maximum atomic E-state index is 12.0. The maximum Gasteiger partial charge on any atom is 0.252 e. The van der Waals surface area contributed by atoms with Gasteiger partial charge in [-0.15, -0.1) is 22.9 Å². The maximum absolute atomic E-state index is 12.0. The Bertz CT molecular complexity index is 387. The molecule has 0 unspecified atom stereocenters. The van der Waals surface area contributed by atoms with Gasteiger partial charge in [0.25, 0.3) is 5.91 Å². The van der Waals surface area contributed by atoms with Gasteiger partial charge in [0.1, 0.15) is 0 Å². The minimum atomic E-state index is -0.161. The smallest absolute Gasteiger partial charge is 0.252 e. The molecule has 2 rings (SSSR count). The van der Waals surface area contributed by atoms with Crippen molar-refractivity contribution in [2.75, 3.05) is 5.88 Å². The number of amides is 1. The lowest BCUT2D eigenvalue weighted by molar-refractivity contribution is 0.0910. The number of hydrogen-bond donors (Lipinski definition) is 1. The number of carbonyl (C=O) groups excluding carboxylic acids is 1. The molecule has 0 radical (unpaired) electrons. The van der Waals surface area contributed by atoms with Crippen molar-refractivity contribution in [3.05, 3.63) is 19.9 Å². The molecule has 1 aromatic heterocycles. The van der Waals surface area contributed by atoms with Crippen molar-refractivity contribution in [3.63, 3.8) is 0 Å². The van der Waals surface area contributed by atoms with Crippen LogP contribution in [0.2, 0.25) is 0 Å². The molecule has 1 N–H and O–H groups in total. The lowest BCUT2D eigenvalue weighted by Crippen LogP contribution is -2.47.